The fourth-order valence-corrected chi connectivity index (χ4v) is 3.33. The molecule has 0 unspecified atom stereocenters. The molecule has 0 saturated heterocycles. The second-order valence-corrected chi connectivity index (χ2v) is 6.65. The first-order valence-corrected chi connectivity index (χ1v) is 9.53. The third-order valence-electron chi connectivity index (χ3n) is 4.81. The number of benzene rings is 2. The summed E-state index contributed by atoms with van der Waals surface area (Å²) in [6, 6.07) is 13.4. The zero-order valence-corrected chi connectivity index (χ0v) is 15.9. The molecule has 0 saturated carbocycles. The summed E-state index contributed by atoms with van der Waals surface area (Å²) >= 11 is 0. The average molecular weight is 377 g/mol. The third-order valence-corrected chi connectivity index (χ3v) is 4.81. The van der Waals surface area contributed by atoms with Gasteiger partial charge in [-0.1, -0.05) is 25.1 Å². The Morgan fingerprint density at radius 1 is 1.14 bits per heavy atom. The standard InChI is InChI=1S/C22H23N3O3/c1-2-21-23-10-12-25(21)11-4-9-24-22(26)18-6-3-5-16(13-18)17-7-8-19-20(14-17)28-15-27-19/h3,5-8,10,12-14H,2,4,9,11,15H2,1H3,(H,24,26). The molecule has 0 fully saturated rings. The predicted octanol–water partition coefficient (Wildman–Crippen LogP) is 3.66. The second-order valence-electron chi connectivity index (χ2n) is 6.65. The highest BCUT2D eigenvalue weighted by molar-refractivity contribution is 5.95. The number of fused-ring (bicyclic) bond motifs is 1. The number of aromatic nitrogens is 2. The Bertz CT molecular complexity index is 981. The molecule has 2 heterocycles. The van der Waals surface area contributed by atoms with Crippen molar-refractivity contribution in [1.29, 1.82) is 0 Å². The molecule has 0 spiro atoms. The minimum atomic E-state index is -0.0658. The van der Waals surface area contributed by atoms with Gasteiger partial charge in [0.1, 0.15) is 5.82 Å². The van der Waals surface area contributed by atoms with Crippen LogP contribution in [0.15, 0.2) is 54.9 Å². The molecular weight excluding hydrogens is 354 g/mol. The summed E-state index contributed by atoms with van der Waals surface area (Å²) in [5, 5.41) is 3.00. The minimum absolute atomic E-state index is 0.0658. The normalized spacial score (nSPS) is 12.2. The predicted molar refractivity (Wildman–Crippen MR) is 107 cm³/mol. The van der Waals surface area contributed by atoms with Gasteiger partial charge in [0, 0.05) is 37.5 Å². The summed E-state index contributed by atoms with van der Waals surface area (Å²) in [6.45, 7) is 3.81. The van der Waals surface area contributed by atoms with Crippen LogP contribution in [0.5, 0.6) is 11.5 Å². The molecule has 4 rings (SSSR count). The molecule has 1 aromatic heterocycles. The van der Waals surface area contributed by atoms with Crippen LogP contribution >= 0.6 is 0 Å². The van der Waals surface area contributed by atoms with Gasteiger partial charge < -0.3 is 19.4 Å². The summed E-state index contributed by atoms with van der Waals surface area (Å²) < 4.78 is 12.9. The Morgan fingerprint density at radius 2 is 2.00 bits per heavy atom. The fourth-order valence-electron chi connectivity index (χ4n) is 3.33. The van der Waals surface area contributed by atoms with E-state index in [0.29, 0.717) is 12.1 Å². The van der Waals surface area contributed by atoms with E-state index in [4.69, 9.17) is 9.47 Å². The molecular formula is C22H23N3O3. The second kappa shape index (κ2) is 8.17. The maximum atomic E-state index is 12.5. The number of hydrogen-bond donors (Lipinski definition) is 1. The first kappa shape index (κ1) is 18.1. The number of amides is 1. The van der Waals surface area contributed by atoms with Crippen molar-refractivity contribution in [1.82, 2.24) is 14.9 Å². The lowest BCUT2D eigenvalue weighted by atomic mass is 10.0. The van der Waals surface area contributed by atoms with E-state index in [1.54, 1.807) is 0 Å². The third kappa shape index (κ3) is 3.86. The van der Waals surface area contributed by atoms with Crippen LogP contribution in [0.4, 0.5) is 0 Å². The maximum absolute atomic E-state index is 12.5. The Balaban J connectivity index is 1.36. The Morgan fingerprint density at radius 3 is 2.89 bits per heavy atom. The van der Waals surface area contributed by atoms with E-state index in [2.05, 4.69) is 21.8 Å². The SMILES string of the molecule is CCc1nccn1CCCNC(=O)c1cccc(-c2ccc3c(c2)OCO3)c1. The van der Waals surface area contributed by atoms with Crippen molar-refractivity contribution in [2.75, 3.05) is 13.3 Å². The molecule has 3 aromatic rings. The molecule has 0 radical (unpaired) electrons. The van der Waals surface area contributed by atoms with E-state index in [1.807, 2.05) is 54.9 Å². The van der Waals surface area contributed by atoms with Crippen molar-refractivity contribution in [3.05, 3.63) is 66.2 Å². The van der Waals surface area contributed by atoms with Gasteiger partial charge in [0.05, 0.1) is 0 Å². The van der Waals surface area contributed by atoms with Crippen LogP contribution < -0.4 is 14.8 Å². The van der Waals surface area contributed by atoms with Crippen molar-refractivity contribution in [2.45, 2.75) is 26.3 Å². The quantitative estimate of drug-likeness (QED) is 0.638. The summed E-state index contributed by atoms with van der Waals surface area (Å²) in [5.74, 6) is 2.49. The first-order chi connectivity index (χ1) is 13.7. The summed E-state index contributed by atoms with van der Waals surface area (Å²) in [6.07, 6.45) is 5.57. The topological polar surface area (TPSA) is 65.4 Å². The molecule has 0 atom stereocenters. The molecule has 0 bridgehead atoms. The number of imidazole rings is 1. The highest BCUT2D eigenvalue weighted by Crippen LogP contribution is 2.36. The van der Waals surface area contributed by atoms with Gasteiger partial charge >= 0.3 is 0 Å². The average Bonchev–Trinajstić information content (AvgIpc) is 3.39. The zero-order chi connectivity index (χ0) is 19.3. The Hall–Kier alpha value is -3.28. The summed E-state index contributed by atoms with van der Waals surface area (Å²) in [5.41, 5.74) is 2.61. The van der Waals surface area contributed by atoms with Crippen molar-refractivity contribution >= 4 is 5.91 Å². The van der Waals surface area contributed by atoms with Crippen LogP contribution in [0.3, 0.4) is 0 Å². The number of nitrogens with one attached hydrogen (secondary N) is 1. The van der Waals surface area contributed by atoms with Crippen LogP contribution in [0.1, 0.15) is 29.5 Å². The first-order valence-electron chi connectivity index (χ1n) is 9.53. The van der Waals surface area contributed by atoms with Gasteiger partial charge in [-0.15, -0.1) is 0 Å². The monoisotopic (exact) mass is 377 g/mol. The lowest BCUT2D eigenvalue weighted by Gasteiger charge is -2.09. The van der Waals surface area contributed by atoms with Gasteiger partial charge in [-0.3, -0.25) is 4.79 Å². The van der Waals surface area contributed by atoms with Gasteiger partial charge in [-0.05, 0) is 41.8 Å². The van der Waals surface area contributed by atoms with E-state index < -0.39 is 0 Å². The van der Waals surface area contributed by atoms with E-state index in [1.165, 1.54) is 0 Å². The van der Waals surface area contributed by atoms with Crippen LogP contribution in [0.2, 0.25) is 0 Å². The van der Waals surface area contributed by atoms with Gasteiger partial charge in [-0.25, -0.2) is 4.98 Å². The van der Waals surface area contributed by atoms with Gasteiger partial charge in [-0.2, -0.15) is 0 Å². The fraction of sp³-hybridized carbons (Fsp3) is 0.273. The van der Waals surface area contributed by atoms with Crippen molar-refractivity contribution in [3.8, 4) is 22.6 Å². The van der Waals surface area contributed by atoms with E-state index in [0.717, 1.165) is 47.8 Å². The van der Waals surface area contributed by atoms with Crippen LogP contribution in [-0.2, 0) is 13.0 Å². The molecule has 1 aliphatic heterocycles. The lowest BCUT2D eigenvalue weighted by molar-refractivity contribution is 0.0952. The van der Waals surface area contributed by atoms with Crippen LogP contribution in [-0.4, -0.2) is 28.8 Å². The highest BCUT2D eigenvalue weighted by atomic mass is 16.7. The molecule has 0 aliphatic carbocycles. The summed E-state index contributed by atoms with van der Waals surface area (Å²) in [7, 11) is 0. The lowest BCUT2D eigenvalue weighted by Crippen LogP contribution is -2.25. The van der Waals surface area contributed by atoms with Crippen molar-refractivity contribution in [3.63, 3.8) is 0 Å². The van der Waals surface area contributed by atoms with Crippen molar-refractivity contribution in [2.24, 2.45) is 0 Å². The Kier molecular flexibility index (Phi) is 5.28. The highest BCUT2D eigenvalue weighted by Gasteiger charge is 2.14. The molecule has 144 valence electrons. The van der Waals surface area contributed by atoms with Crippen LogP contribution in [0, 0.1) is 0 Å². The van der Waals surface area contributed by atoms with Crippen LogP contribution in [0.25, 0.3) is 11.1 Å². The van der Waals surface area contributed by atoms with E-state index in [9.17, 15) is 4.79 Å². The minimum Gasteiger partial charge on any atom is -0.454 e. The molecule has 6 nitrogen and oxygen atoms in total. The number of rotatable bonds is 7. The smallest absolute Gasteiger partial charge is 0.251 e. The largest absolute Gasteiger partial charge is 0.454 e. The zero-order valence-electron chi connectivity index (χ0n) is 15.9. The molecule has 2 aromatic carbocycles. The maximum Gasteiger partial charge on any atom is 0.251 e. The Labute approximate surface area is 164 Å². The molecule has 1 N–H and O–H groups in total. The number of aryl methyl sites for hydroxylation is 2. The molecule has 1 aliphatic rings. The van der Waals surface area contributed by atoms with Gasteiger partial charge in [0.25, 0.3) is 5.91 Å². The van der Waals surface area contributed by atoms with Crippen molar-refractivity contribution < 1.29 is 14.3 Å². The molecule has 6 heteroatoms. The number of carbonyl (C=O) groups is 1. The van der Waals surface area contributed by atoms with E-state index >= 15 is 0 Å². The molecule has 1 amide bonds. The number of nitrogens with zero attached hydrogens (tertiary/aromatic N) is 2. The number of ether oxygens (including phenoxy) is 2. The number of carbonyl (C=O) groups excluding carboxylic acids is 1. The van der Waals surface area contributed by atoms with E-state index in [-0.39, 0.29) is 12.7 Å². The molecule has 28 heavy (non-hydrogen) atoms. The van der Waals surface area contributed by atoms with Gasteiger partial charge in [0.15, 0.2) is 11.5 Å². The van der Waals surface area contributed by atoms with Gasteiger partial charge in [0.2, 0.25) is 6.79 Å². The number of hydrogen-bond acceptors (Lipinski definition) is 4. The summed E-state index contributed by atoms with van der Waals surface area (Å²) in [4.78, 5) is 16.8.